The van der Waals surface area contributed by atoms with Crippen LogP contribution in [0.4, 0.5) is 16.2 Å². The third-order valence-corrected chi connectivity index (χ3v) is 10.6. The van der Waals surface area contributed by atoms with E-state index in [2.05, 4.69) is 5.32 Å². The van der Waals surface area contributed by atoms with Crippen molar-refractivity contribution in [1.82, 2.24) is 19.4 Å². The molecular formula is C35H43ClN6O8S. The molecule has 4 rings (SSSR count). The number of hydrogen-bond acceptors (Lipinski definition) is 9. The Labute approximate surface area is 302 Å². The number of anilines is 1. The summed E-state index contributed by atoms with van der Waals surface area (Å²) in [5.41, 5.74) is 7.10. The number of amides is 4. The van der Waals surface area contributed by atoms with E-state index in [9.17, 15) is 38.0 Å². The van der Waals surface area contributed by atoms with Crippen LogP contribution in [0.3, 0.4) is 0 Å². The average molecular weight is 743 g/mol. The summed E-state index contributed by atoms with van der Waals surface area (Å²) < 4.78 is 28.8. The summed E-state index contributed by atoms with van der Waals surface area (Å²) in [4.78, 5) is 53.3. The lowest BCUT2D eigenvalue weighted by molar-refractivity contribution is -0.384. The number of urea groups is 1. The summed E-state index contributed by atoms with van der Waals surface area (Å²) in [7, 11) is -4.17. The number of nitrogens with two attached hydrogens (primary N) is 1. The molecule has 4 N–H and O–H groups in total. The molecule has 3 aromatic carbocycles. The first kappa shape index (κ1) is 39.2. The van der Waals surface area contributed by atoms with Crippen molar-refractivity contribution < 1.29 is 32.8 Å². The van der Waals surface area contributed by atoms with Gasteiger partial charge in [-0.3, -0.25) is 24.6 Å². The van der Waals surface area contributed by atoms with Gasteiger partial charge in [-0.2, -0.15) is 4.31 Å². The maximum atomic E-state index is 14.1. The van der Waals surface area contributed by atoms with Gasteiger partial charge in [-0.15, -0.1) is 0 Å². The molecule has 0 unspecified atom stereocenters. The Morgan fingerprint density at radius 1 is 1.02 bits per heavy atom. The molecule has 0 aliphatic carbocycles. The number of aliphatic hydroxyl groups excluding tert-OH is 1. The molecule has 1 aliphatic rings. The quantitative estimate of drug-likeness (QED) is 0.0839. The first-order chi connectivity index (χ1) is 24.0. The van der Waals surface area contributed by atoms with Gasteiger partial charge in [0.05, 0.1) is 39.2 Å². The van der Waals surface area contributed by atoms with E-state index in [-0.39, 0.29) is 59.8 Å². The van der Waals surface area contributed by atoms with E-state index < -0.39 is 56.9 Å². The number of benzene rings is 3. The third-order valence-electron chi connectivity index (χ3n) is 8.46. The highest BCUT2D eigenvalue weighted by Gasteiger charge is 2.44. The molecule has 1 aliphatic heterocycles. The van der Waals surface area contributed by atoms with E-state index in [4.69, 9.17) is 17.3 Å². The lowest BCUT2D eigenvalue weighted by Crippen LogP contribution is -2.57. The SMILES string of the molecule is CC(C)CN(C[C@@H](O)[C@H](Cc1ccccc1)NC(=O)[C@H](C(C)C)N1CC(=O)N(Cc2ccc([N+](=O)[O-])cc2)C1=O)S(=O)(=O)c1ccc(Cl)c(N)c1. The van der Waals surface area contributed by atoms with Crippen LogP contribution in [0.25, 0.3) is 0 Å². The number of sulfonamides is 1. The molecule has 1 saturated heterocycles. The number of nitrogen functional groups attached to an aromatic ring is 1. The van der Waals surface area contributed by atoms with Crippen LogP contribution < -0.4 is 11.1 Å². The van der Waals surface area contributed by atoms with Crippen molar-refractivity contribution in [2.24, 2.45) is 11.8 Å². The lowest BCUT2D eigenvalue weighted by Gasteiger charge is -2.34. The highest BCUT2D eigenvalue weighted by Crippen LogP contribution is 2.27. The minimum absolute atomic E-state index is 0.0531. The predicted molar refractivity (Wildman–Crippen MR) is 192 cm³/mol. The van der Waals surface area contributed by atoms with Gasteiger partial charge >= 0.3 is 6.03 Å². The molecule has 1 heterocycles. The molecule has 0 spiro atoms. The monoisotopic (exact) mass is 742 g/mol. The van der Waals surface area contributed by atoms with E-state index in [0.717, 1.165) is 14.8 Å². The number of non-ortho nitro benzene ring substituents is 1. The summed E-state index contributed by atoms with van der Waals surface area (Å²) in [6.07, 6.45) is -1.28. The van der Waals surface area contributed by atoms with Crippen LogP contribution in [-0.4, -0.2) is 88.2 Å². The van der Waals surface area contributed by atoms with E-state index in [1.54, 1.807) is 26.0 Å². The standard InChI is InChI=1S/C35H43ClN6O8S/c1-22(2)18-39(51(49,50)27-14-15-28(36)29(37)17-27)20-31(43)30(16-24-8-6-5-7-9-24)38-34(45)33(23(3)4)41-21-32(44)40(35(41)46)19-25-10-12-26(13-11-25)42(47)48/h5-15,17,22-23,30-31,33,43H,16,18-21,37H2,1-4H3,(H,38,45)/t30-,31+,33-/m0/s1. The van der Waals surface area contributed by atoms with Gasteiger partial charge in [-0.05, 0) is 47.6 Å². The molecule has 0 aromatic heterocycles. The largest absolute Gasteiger partial charge is 0.397 e. The molecule has 1 fully saturated rings. The van der Waals surface area contributed by atoms with Crippen molar-refractivity contribution in [3.63, 3.8) is 0 Å². The number of carbonyl (C=O) groups excluding carboxylic acids is 3. The van der Waals surface area contributed by atoms with Crippen molar-refractivity contribution in [3.05, 3.63) is 99.1 Å². The fourth-order valence-electron chi connectivity index (χ4n) is 5.91. The van der Waals surface area contributed by atoms with Crippen molar-refractivity contribution in [2.75, 3.05) is 25.4 Å². The number of imide groups is 1. The highest BCUT2D eigenvalue weighted by molar-refractivity contribution is 7.89. The van der Waals surface area contributed by atoms with Crippen molar-refractivity contribution in [3.8, 4) is 0 Å². The number of nitro groups is 1. The number of aliphatic hydroxyl groups is 1. The fourth-order valence-corrected chi connectivity index (χ4v) is 7.68. The molecule has 0 radical (unpaired) electrons. The second kappa shape index (κ2) is 16.6. The van der Waals surface area contributed by atoms with Gasteiger partial charge in [0.2, 0.25) is 15.9 Å². The average Bonchev–Trinajstić information content (AvgIpc) is 3.33. The summed E-state index contributed by atoms with van der Waals surface area (Å²) in [6.45, 7) is 6.26. The van der Waals surface area contributed by atoms with Crippen LogP contribution in [0.5, 0.6) is 0 Å². The molecule has 3 atom stereocenters. The Bertz CT molecular complexity index is 1840. The van der Waals surface area contributed by atoms with Crippen LogP contribution >= 0.6 is 11.6 Å². The Kier molecular flexibility index (Phi) is 12.8. The zero-order valence-electron chi connectivity index (χ0n) is 28.8. The Morgan fingerprint density at radius 3 is 2.24 bits per heavy atom. The summed E-state index contributed by atoms with van der Waals surface area (Å²) >= 11 is 6.04. The van der Waals surface area contributed by atoms with Gasteiger partial charge in [0.1, 0.15) is 12.6 Å². The number of nitrogens with zero attached hydrogens (tertiary/aromatic N) is 4. The van der Waals surface area contributed by atoms with Crippen LogP contribution in [-0.2, 0) is 32.6 Å². The number of nitrogens with one attached hydrogen (secondary N) is 1. The van der Waals surface area contributed by atoms with E-state index >= 15 is 0 Å². The van der Waals surface area contributed by atoms with Crippen LogP contribution in [0.15, 0.2) is 77.7 Å². The minimum Gasteiger partial charge on any atom is -0.397 e. The summed E-state index contributed by atoms with van der Waals surface area (Å²) in [6, 6.07) is 15.6. The van der Waals surface area contributed by atoms with Crippen LogP contribution in [0, 0.1) is 22.0 Å². The number of carbonyl (C=O) groups is 3. The van der Waals surface area contributed by atoms with E-state index in [1.165, 1.54) is 47.4 Å². The fraction of sp³-hybridized carbons (Fsp3) is 0.400. The van der Waals surface area contributed by atoms with Gasteiger partial charge < -0.3 is 21.1 Å². The molecule has 14 nitrogen and oxygen atoms in total. The number of nitro benzene ring substituents is 1. The highest BCUT2D eigenvalue weighted by atomic mass is 35.5. The first-order valence-corrected chi connectivity index (χ1v) is 18.2. The Morgan fingerprint density at radius 2 is 1.67 bits per heavy atom. The van der Waals surface area contributed by atoms with Crippen LogP contribution in [0.2, 0.25) is 5.02 Å². The van der Waals surface area contributed by atoms with Gasteiger partial charge in [-0.1, -0.05) is 81.8 Å². The molecule has 16 heteroatoms. The van der Waals surface area contributed by atoms with E-state index in [0.29, 0.717) is 5.56 Å². The van der Waals surface area contributed by atoms with Gasteiger partial charge in [0.15, 0.2) is 0 Å². The zero-order valence-corrected chi connectivity index (χ0v) is 30.4. The molecule has 4 amide bonds. The van der Waals surface area contributed by atoms with Gasteiger partial charge in [0, 0.05) is 25.2 Å². The molecule has 0 saturated carbocycles. The number of rotatable bonds is 16. The van der Waals surface area contributed by atoms with Gasteiger partial charge in [-0.25, -0.2) is 13.2 Å². The van der Waals surface area contributed by atoms with Crippen molar-refractivity contribution in [2.45, 2.75) is 63.7 Å². The van der Waals surface area contributed by atoms with Crippen LogP contribution in [0.1, 0.15) is 38.8 Å². The Balaban J connectivity index is 1.59. The predicted octanol–water partition coefficient (Wildman–Crippen LogP) is 4.05. The smallest absolute Gasteiger partial charge is 0.328 e. The normalized spacial score (nSPS) is 15.5. The second-order valence-electron chi connectivity index (χ2n) is 13.3. The zero-order chi connectivity index (χ0) is 37.6. The molecule has 274 valence electrons. The first-order valence-electron chi connectivity index (χ1n) is 16.4. The van der Waals surface area contributed by atoms with E-state index in [1.807, 2.05) is 32.0 Å². The molecular weight excluding hydrogens is 700 g/mol. The molecule has 0 bridgehead atoms. The number of hydrogen-bond donors (Lipinski definition) is 3. The van der Waals surface area contributed by atoms with Gasteiger partial charge in [0.25, 0.3) is 11.6 Å². The maximum absolute atomic E-state index is 14.1. The Hall–Kier alpha value is -4.57. The third kappa shape index (κ3) is 9.61. The topological polar surface area (TPSA) is 196 Å². The van der Waals surface area contributed by atoms with Crippen molar-refractivity contribution >= 4 is 50.8 Å². The van der Waals surface area contributed by atoms with Crippen molar-refractivity contribution in [1.29, 1.82) is 0 Å². The summed E-state index contributed by atoms with van der Waals surface area (Å²) in [5.74, 6) is -1.78. The maximum Gasteiger partial charge on any atom is 0.328 e. The molecule has 3 aromatic rings. The minimum atomic E-state index is -4.17. The summed E-state index contributed by atoms with van der Waals surface area (Å²) in [5, 5.41) is 25.8. The second-order valence-corrected chi connectivity index (χ2v) is 15.6. The number of halogens is 1. The lowest BCUT2D eigenvalue weighted by atomic mass is 9.97. The molecule has 51 heavy (non-hydrogen) atoms.